The van der Waals surface area contributed by atoms with E-state index in [1.807, 2.05) is 4.68 Å². The highest BCUT2D eigenvalue weighted by Gasteiger charge is 2.18. The van der Waals surface area contributed by atoms with Gasteiger partial charge < -0.3 is 14.8 Å². The van der Waals surface area contributed by atoms with Gasteiger partial charge in [0, 0.05) is 18.4 Å². The third kappa shape index (κ3) is 3.40. The minimum absolute atomic E-state index is 0.222. The maximum Gasteiger partial charge on any atom is 0.337 e. The van der Waals surface area contributed by atoms with Crippen LogP contribution in [-0.2, 0) is 9.47 Å². The van der Waals surface area contributed by atoms with Gasteiger partial charge in [0.1, 0.15) is 0 Å². The van der Waals surface area contributed by atoms with Crippen molar-refractivity contribution in [1.82, 2.24) is 9.78 Å². The first-order valence-corrected chi connectivity index (χ1v) is 7.29. The van der Waals surface area contributed by atoms with Gasteiger partial charge in [-0.1, -0.05) is 0 Å². The average Bonchev–Trinajstić information content (AvgIpc) is 3.25. The van der Waals surface area contributed by atoms with E-state index >= 15 is 0 Å². The number of benzene rings is 1. The lowest BCUT2D eigenvalue weighted by molar-refractivity contribution is 0.0600. The zero-order valence-electron chi connectivity index (χ0n) is 12.7. The van der Waals surface area contributed by atoms with Crippen LogP contribution in [0.2, 0.25) is 0 Å². The van der Waals surface area contributed by atoms with Gasteiger partial charge in [-0.3, -0.25) is 9.48 Å². The maximum absolute atomic E-state index is 12.2. The van der Waals surface area contributed by atoms with Gasteiger partial charge >= 0.3 is 5.97 Å². The highest BCUT2D eigenvalue weighted by molar-refractivity contribution is 6.04. The van der Waals surface area contributed by atoms with E-state index in [0.717, 1.165) is 13.0 Å². The highest BCUT2D eigenvalue weighted by Crippen LogP contribution is 2.20. The molecule has 1 atom stereocenters. The summed E-state index contributed by atoms with van der Waals surface area (Å²) in [5.41, 5.74) is 1.48. The summed E-state index contributed by atoms with van der Waals surface area (Å²) >= 11 is 0. The van der Waals surface area contributed by atoms with Gasteiger partial charge in [0.05, 0.1) is 37.2 Å². The number of hydrogen-bond donors (Lipinski definition) is 1. The number of amides is 1. The van der Waals surface area contributed by atoms with Gasteiger partial charge in [-0.25, -0.2) is 4.79 Å². The normalized spacial score (nSPS) is 17.0. The number of hydrogen-bond acceptors (Lipinski definition) is 5. The minimum Gasteiger partial charge on any atom is -0.465 e. The Labute approximate surface area is 133 Å². The Balaban J connectivity index is 1.65. The molecule has 0 spiro atoms. The van der Waals surface area contributed by atoms with E-state index in [-0.39, 0.29) is 11.9 Å². The molecular formula is C16H17N3O4. The summed E-state index contributed by atoms with van der Waals surface area (Å²) in [4.78, 5) is 23.6. The second kappa shape index (κ2) is 6.62. The van der Waals surface area contributed by atoms with Crippen molar-refractivity contribution in [3.8, 4) is 0 Å². The maximum atomic E-state index is 12.2. The number of nitrogens with zero attached hydrogens (tertiary/aromatic N) is 2. The lowest BCUT2D eigenvalue weighted by Gasteiger charge is -2.07. The molecule has 7 nitrogen and oxygen atoms in total. The lowest BCUT2D eigenvalue weighted by atomic mass is 10.1. The van der Waals surface area contributed by atoms with Crippen molar-refractivity contribution in [2.24, 2.45) is 0 Å². The van der Waals surface area contributed by atoms with E-state index in [0.29, 0.717) is 23.4 Å². The molecule has 1 saturated heterocycles. The number of anilines is 1. The van der Waals surface area contributed by atoms with Crippen LogP contribution in [0.25, 0.3) is 0 Å². The number of rotatable bonds is 4. The lowest BCUT2D eigenvalue weighted by Crippen LogP contribution is -2.12. The summed E-state index contributed by atoms with van der Waals surface area (Å²) in [6.07, 6.45) is 4.32. The number of aromatic nitrogens is 2. The van der Waals surface area contributed by atoms with Crippen LogP contribution < -0.4 is 5.32 Å². The summed E-state index contributed by atoms with van der Waals surface area (Å²) in [7, 11) is 1.32. The van der Waals surface area contributed by atoms with Crippen molar-refractivity contribution in [2.45, 2.75) is 12.5 Å². The van der Waals surface area contributed by atoms with Gasteiger partial charge in [-0.05, 0) is 30.7 Å². The van der Waals surface area contributed by atoms with E-state index in [2.05, 4.69) is 15.2 Å². The quantitative estimate of drug-likeness (QED) is 0.871. The molecule has 7 heteroatoms. The molecular weight excluding hydrogens is 298 g/mol. The monoisotopic (exact) mass is 315 g/mol. The number of carbonyl (C=O) groups is 2. The predicted octanol–water partition coefficient (Wildman–Crippen LogP) is 1.88. The fraction of sp³-hybridized carbons (Fsp3) is 0.312. The van der Waals surface area contributed by atoms with Crippen LogP contribution >= 0.6 is 0 Å². The third-order valence-corrected chi connectivity index (χ3v) is 3.71. The van der Waals surface area contributed by atoms with Crippen LogP contribution in [0.15, 0.2) is 36.7 Å². The average molecular weight is 315 g/mol. The molecule has 1 aromatic carbocycles. The Kier molecular flexibility index (Phi) is 4.38. The van der Waals surface area contributed by atoms with Gasteiger partial charge in [-0.2, -0.15) is 5.10 Å². The topological polar surface area (TPSA) is 82.5 Å². The predicted molar refractivity (Wildman–Crippen MR) is 82.4 cm³/mol. The molecule has 1 aliphatic rings. The Bertz CT molecular complexity index is 702. The zero-order valence-corrected chi connectivity index (χ0v) is 12.7. The smallest absolute Gasteiger partial charge is 0.337 e. The van der Waals surface area contributed by atoms with Gasteiger partial charge in [0.25, 0.3) is 5.91 Å². The first kappa shape index (κ1) is 15.2. The summed E-state index contributed by atoms with van der Waals surface area (Å²) in [6, 6.07) is 6.49. The molecule has 0 bridgehead atoms. The first-order valence-electron chi connectivity index (χ1n) is 7.29. The molecule has 1 fully saturated rings. The third-order valence-electron chi connectivity index (χ3n) is 3.71. The second-order valence-electron chi connectivity index (χ2n) is 5.25. The Morgan fingerprint density at radius 1 is 1.30 bits per heavy atom. The van der Waals surface area contributed by atoms with Crippen LogP contribution in [-0.4, -0.2) is 42.0 Å². The molecule has 0 unspecified atom stereocenters. The number of methoxy groups -OCH3 is 1. The number of nitrogens with one attached hydrogen (secondary N) is 1. The van der Waals surface area contributed by atoms with Crippen LogP contribution in [0.4, 0.5) is 5.69 Å². The highest BCUT2D eigenvalue weighted by atomic mass is 16.5. The largest absolute Gasteiger partial charge is 0.465 e. The molecule has 0 saturated carbocycles. The Morgan fingerprint density at radius 2 is 2.04 bits per heavy atom. The van der Waals surface area contributed by atoms with Crippen molar-refractivity contribution in [3.63, 3.8) is 0 Å². The summed E-state index contributed by atoms with van der Waals surface area (Å²) in [5.74, 6) is -0.694. The summed E-state index contributed by atoms with van der Waals surface area (Å²) in [6.45, 7) is 1.38. The zero-order chi connectivity index (χ0) is 16.2. The van der Waals surface area contributed by atoms with E-state index in [1.54, 1.807) is 36.7 Å². The number of esters is 1. The van der Waals surface area contributed by atoms with E-state index in [9.17, 15) is 9.59 Å². The molecule has 0 radical (unpaired) electrons. The molecule has 1 N–H and O–H groups in total. The molecule has 2 aromatic rings. The summed E-state index contributed by atoms with van der Waals surface area (Å²) in [5, 5.41) is 7.04. The minimum atomic E-state index is -0.433. The van der Waals surface area contributed by atoms with Crippen molar-refractivity contribution in [2.75, 3.05) is 25.6 Å². The van der Waals surface area contributed by atoms with Gasteiger partial charge in [0.2, 0.25) is 0 Å². The Hall–Kier alpha value is -2.67. The van der Waals surface area contributed by atoms with Crippen molar-refractivity contribution in [1.29, 1.82) is 0 Å². The van der Waals surface area contributed by atoms with Crippen LogP contribution in [0.3, 0.4) is 0 Å². The van der Waals surface area contributed by atoms with Gasteiger partial charge in [0.15, 0.2) is 0 Å². The van der Waals surface area contributed by atoms with Crippen molar-refractivity contribution in [3.05, 3.63) is 47.8 Å². The van der Waals surface area contributed by atoms with E-state index < -0.39 is 5.97 Å². The van der Waals surface area contributed by atoms with Crippen molar-refractivity contribution < 1.29 is 19.1 Å². The van der Waals surface area contributed by atoms with E-state index in [4.69, 9.17) is 4.74 Å². The molecule has 3 rings (SSSR count). The fourth-order valence-electron chi connectivity index (χ4n) is 2.41. The first-order chi connectivity index (χ1) is 11.2. The summed E-state index contributed by atoms with van der Waals surface area (Å²) < 4.78 is 11.8. The molecule has 1 amide bonds. The van der Waals surface area contributed by atoms with Crippen LogP contribution in [0, 0.1) is 0 Å². The number of ether oxygens (including phenoxy) is 2. The molecule has 2 heterocycles. The molecule has 120 valence electrons. The standard InChI is InChI=1S/C16H17N3O4/c1-22-16(21)12-4-2-11(3-5-12)15(20)18-13-8-17-19(9-13)14-6-7-23-10-14/h2-5,8-9,14H,6-7,10H2,1H3,(H,18,20)/t14-/m1/s1. The molecule has 0 aliphatic carbocycles. The van der Waals surface area contributed by atoms with E-state index in [1.165, 1.54) is 7.11 Å². The second-order valence-corrected chi connectivity index (χ2v) is 5.25. The fourth-order valence-corrected chi connectivity index (χ4v) is 2.41. The SMILES string of the molecule is COC(=O)c1ccc(C(=O)Nc2cnn([C@@H]3CCOC3)c2)cc1. The molecule has 23 heavy (non-hydrogen) atoms. The number of carbonyl (C=O) groups excluding carboxylic acids is 2. The molecule has 1 aliphatic heterocycles. The van der Waals surface area contributed by atoms with Crippen molar-refractivity contribution >= 4 is 17.6 Å². The van der Waals surface area contributed by atoms with Gasteiger partial charge in [-0.15, -0.1) is 0 Å². The molecule has 1 aromatic heterocycles. The van der Waals surface area contributed by atoms with Crippen LogP contribution in [0.5, 0.6) is 0 Å². The Morgan fingerprint density at radius 3 is 2.70 bits per heavy atom. The van der Waals surface area contributed by atoms with Crippen LogP contribution in [0.1, 0.15) is 33.2 Å².